The van der Waals surface area contributed by atoms with Crippen LogP contribution < -0.4 is 0 Å². The van der Waals surface area contributed by atoms with E-state index in [1.807, 2.05) is 0 Å². The number of likely N-dealkylation sites (tertiary alicyclic amines) is 1. The van der Waals surface area contributed by atoms with Gasteiger partial charge in [0.05, 0.1) is 25.8 Å². The summed E-state index contributed by atoms with van der Waals surface area (Å²) in [6.45, 7) is 6.30. The zero-order valence-electron chi connectivity index (χ0n) is 13.0. The van der Waals surface area contributed by atoms with Gasteiger partial charge in [0.2, 0.25) is 0 Å². The molecule has 2 aromatic carbocycles. The van der Waals surface area contributed by atoms with Crippen LogP contribution in [0.4, 0.5) is 0 Å². The van der Waals surface area contributed by atoms with Crippen molar-refractivity contribution in [2.75, 3.05) is 13.1 Å². The van der Waals surface area contributed by atoms with Gasteiger partial charge in [-0.15, -0.1) is 0 Å². The Labute approximate surface area is 131 Å². The second-order valence-electron chi connectivity index (χ2n) is 6.01. The van der Waals surface area contributed by atoms with Gasteiger partial charge in [0.1, 0.15) is 0 Å². The molecule has 1 aliphatic rings. The molecule has 1 fully saturated rings. The lowest BCUT2D eigenvalue weighted by molar-refractivity contribution is -0.0400. The van der Waals surface area contributed by atoms with Crippen LogP contribution in [0.1, 0.15) is 16.7 Å². The van der Waals surface area contributed by atoms with Crippen molar-refractivity contribution in [1.29, 1.82) is 5.26 Å². The number of nitriles is 1. The molecule has 3 nitrogen and oxygen atoms in total. The van der Waals surface area contributed by atoms with Crippen LogP contribution in [-0.4, -0.2) is 24.1 Å². The molecule has 0 N–H and O–H groups in total. The Morgan fingerprint density at radius 3 is 2.27 bits per heavy atom. The minimum Gasteiger partial charge on any atom is -0.370 e. The maximum atomic E-state index is 8.69. The maximum absolute atomic E-state index is 8.69. The van der Waals surface area contributed by atoms with Gasteiger partial charge in [-0.25, -0.2) is 0 Å². The standard InChI is InChI=1S/C19H20N2O/c1-14-7-15(2)9-18(8-14)17-5-3-16(4-6-17)12-22-19-10-21(11-19)13-20/h3-9,19H,10-12H2,1-2H3. The van der Waals surface area contributed by atoms with Gasteiger partial charge in [-0.1, -0.05) is 53.6 Å². The van der Waals surface area contributed by atoms with Crippen LogP contribution in [0.25, 0.3) is 11.1 Å². The molecule has 1 saturated heterocycles. The van der Waals surface area contributed by atoms with Gasteiger partial charge in [-0.3, -0.25) is 0 Å². The topological polar surface area (TPSA) is 36.3 Å². The molecule has 0 aliphatic carbocycles. The molecule has 0 aromatic heterocycles. The monoisotopic (exact) mass is 292 g/mol. The number of benzene rings is 2. The van der Waals surface area contributed by atoms with Gasteiger partial charge in [0, 0.05) is 0 Å². The summed E-state index contributed by atoms with van der Waals surface area (Å²) in [7, 11) is 0. The van der Waals surface area contributed by atoms with E-state index >= 15 is 0 Å². The van der Waals surface area contributed by atoms with E-state index in [1.165, 1.54) is 27.8 Å². The molecule has 1 heterocycles. The molecule has 0 bridgehead atoms. The summed E-state index contributed by atoms with van der Waals surface area (Å²) in [4.78, 5) is 1.70. The predicted molar refractivity (Wildman–Crippen MR) is 87.1 cm³/mol. The Hall–Kier alpha value is -2.31. The van der Waals surface area contributed by atoms with E-state index in [0.717, 1.165) is 13.1 Å². The molecule has 3 rings (SSSR count). The number of hydrogen-bond donors (Lipinski definition) is 0. The molecule has 0 unspecified atom stereocenters. The first-order chi connectivity index (χ1) is 10.6. The SMILES string of the molecule is Cc1cc(C)cc(-c2ccc(COC3CN(C#N)C3)cc2)c1. The first kappa shape index (κ1) is 14.6. The normalized spacial score (nSPS) is 14.5. The minimum atomic E-state index is 0.193. The highest BCUT2D eigenvalue weighted by Gasteiger charge is 2.26. The van der Waals surface area contributed by atoms with Crippen LogP contribution in [0.5, 0.6) is 0 Å². The molecule has 2 aromatic rings. The van der Waals surface area contributed by atoms with Crippen LogP contribution in [0.15, 0.2) is 42.5 Å². The van der Waals surface area contributed by atoms with Crippen molar-refractivity contribution in [3.8, 4) is 17.3 Å². The summed E-state index contributed by atoms with van der Waals surface area (Å²) < 4.78 is 5.79. The Bertz CT molecular complexity index is 674. The van der Waals surface area contributed by atoms with E-state index in [-0.39, 0.29) is 6.10 Å². The zero-order valence-corrected chi connectivity index (χ0v) is 13.0. The van der Waals surface area contributed by atoms with Crippen molar-refractivity contribution < 1.29 is 4.74 Å². The molecule has 0 amide bonds. The van der Waals surface area contributed by atoms with Gasteiger partial charge in [-0.05, 0) is 30.5 Å². The molecule has 3 heteroatoms. The van der Waals surface area contributed by atoms with Crippen molar-refractivity contribution >= 4 is 0 Å². The van der Waals surface area contributed by atoms with Crippen LogP contribution >= 0.6 is 0 Å². The molecule has 0 atom stereocenters. The zero-order chi connectivity index (χ0) is 15.5. The highest BCUT2D eigenvalue weighted by molar-refractivity contribution is 5.65. The third kappa shape index (κ3) is 3.29. The van der Waals surface area contributed by atoms with Gasteiger partial charge in [0.25, 0.3) is 0 Å². The summed E-state index contributed by atoms with van der Waals surface area (Å²) >= 11 is 0. The number of nitrogens with zero attached hydrogens (tertiary/aromatic N) is 2. The lowest BCUT2D eigenvalue weighted by atomic mass is 10.00. The number of ether oxygens (including phenoxy) is 1. The molecular weight excluding hydrogens is 272 g/mol. The molecule has 22 heavy (non-hydrogen) atoms. The van der Waals surface area contributed by atoms with Crippen molar-refractivity contribution in [3.05, 3.63) is 59.2 Å². The van der Waals surface area contributed by atoms with Crippen LogP contribution in [0.2, 0.25) is 0 Å². The highest BCUT2D eigenvalue weighted by Crippen LogP contribution is 2.23. The van der Waals surface area contributed by atoms with E-state index in [1.54, 1.807) is 4.90 Å². The summed E-state index contributed by atoms with van der Waals surface area (Å²) in [6.07, 6.45) is 2.31. The van der Waals surface area contributed by atoms with E-state index < -0.39 is 0 Å². The van der Waals surface area contributed by atoms with Crippen molar-refractivity contribution in [1.82, 2.24) is 4.90 Å². The lowest BCUT2D eigenvalue weighted by Gasteiger charge is -2.34. The average molecular weight is 292 g/mol. The predicted octanol–water partition coefficient (Wildman–Crippen LogP) is 3.65. The third-order valence-electron chi connectivity index (χ3n) is 3.98. The molecule has 112 valence electrons. The summed E-state index contributed by atoms with van der Waals surface area (Å²) in [5.41, 5.74) is 6.23. The molecular formula is C19H20N2O. The summed E-state index contributed by atoms with van der Waals surface area (Å²) in [5.74, 6) is 0. The van der Waals surface area contributed by atoms with Gasteiger partial charge in [-0.2, -0.15) is 5.26 Å². The van der Waals surface area contributed by atoms with Crippen molar-refractivity contribution in [2.45, 2.75) is 26.6 Å². The first-order valence-corrected chi connectivity index (χ1v) is 7.58. The van der Waals surface area contributed by atoms with Crippen LogP contribution in [0, 0.1) is 25.3 Å². The third-order valence-corrected chi connectivity index (χ3v) is 3.98. The maximum Gasteiger partial charge on any atom is 0.179 e. The molecule has 0 spiro atoms. The fourth-order valence-electron chi connectivity index (χ4n) is 2.77. The van der Waals surface area contributed by atoms with E-state index in [0.29, 0.717) is 6.61 Å². The van der Waals surface area contributed by atoms with Crippen molar-refractivity contribution in [3.63, 3.8) is 0 Å². The summed E-state index contributed by atoms with van der Waals surface area (Å²) in [6, 6.07) is 15.1. The Morgan fingerprint density at radius 1 is 1.05 bits per heavy atom. The van der Waals surface area contributed by atoms with Gasteiger partial charge < -0.3 is 9.64 Å². The summed E-state index contributed by atoms with van der Waals surface area (Å²) in [5, 5.41) is 8.69. The number of rotatable bonds is 4. The minimum absolute atomic E-state index is 0.193. The second-order valence-corrected chi connectivity index (χ2v) is 6.01. The smallest absolute Gasteiger partial charge is 0.179 e. The Balaban J connectivity index is 1.62. The van der Waals surface area contributed by atoms with E-state index in [9.17, 15) is 0 Å². The fraction of sp³-hybridized carbons (Fsp3) is 0.316. The quantitative estimate of drug-likeness (QED) is 0.807. The van der Waals surface area contributed by atoms with E-state index in [4.69, 9.17) is 10.00 Å². The van der Waals surface area contributed by atoms with Crippen LogP contribution in [0.3, 0.4) is 0 Å². The Kier molecular flexibility index (Phi) is 4.13. The number of hydrogen-bond acceptors (Lipinski definition) is 3. The van der Waals surface area contributed by atoms with Crippen LogP contribution in [-0.2, 0) is 11.3 Å². The number of aryl methyl sites for hydroxylation is 2. The first-order valence-electron chi connectivity index (χ1n) is 7.58. The van der Waals surface area contributed by atoms with Crippen molar-refractivity contribution in [2.24, 2.45) is 0 Å². The molecule has 0 radical (unpaired) electrons. The fourth-order valence-corrected chi connectivity index (χ4v) is 2.77. The molecule has 1 aliphatic heterocycles. The highest BCUT2D eigenvalue weighted by atomic mass is 16.5. The van der Waals surface area contributed by atoms with Gasteiger partial charge in [0.15, 0.2) is 6.19 Å². The Morgan fingerprint density at radius 2 is 1.68 bits per heavy atom. The van der Waals surface area contributed by atoms with Gasteiger partial charge >= 0.3 is 0 Å². The van der Waals surface area contributed by atoms with E-state index in [2.05, 4.69) is 62.5 Å². The average Bonchev–Trinajstić information content (AvgIpc) is 2.45. The second kappa shape index (κ2) is 6.21. The lowest BCUT2D eigenvalue weighted by Crippen LogP contribution is -2.49. The largest absolute Gasteiger partial charge is 0.370 e. The molecule has 0 saturated carbocycles.